The molecule has 0 aliphatic rings. The van der Waals surface area contributed by atoms with Crippen molar-refractivity contribution in [2.45, 2.75) is 23.5 Å². The quantitative estimate of drug-likeness (QED) is 0.671. The van der Waals surface area contributed by atoms with Gasteiger partial charge in [0, 0.05) is 6.54 Å². The number of aromatic carboxylic acids is 1. The molecule has 0 spiro atoms. The minimum atomic E-state index is -3.77. The molecule has 0 bridgehead atoms. The van der Waals surface area contributed by atoms with E-state index in [9.17, 15) is 13.2 Å². The number of unbranched alkanes of at least 4 members (excludes halogenated alkanes) is 2. The van der Waals surface area contributed by atoms with Crippen molar-refractivity contribution in [2.24, 2.45) is 0 Å². The SMILES string of the molecule is CSCCCCCNS(=O)(=O)c1scnc1C(=O)O. The van der Waals surface area contributed by atoms with E-state index in [1.165, 1.54) is 5.51 Å². The minimum Gasteiger partial charge on any atom is -0.476 e. The number of thiazole rings is 1. The second-order valence-corrected chi connectivity index (χ2v) is 7.55. The number of sulfonamides is 1. The monoisotopic (exact) mass is 324 g/mol. The molecule has 0 saturated carbocycles. The number of aromatic nitrogens is 1. The highest BCUT2D eigenvalue weighted by Gasteiger charge is 2.24. The van der Waals surface area contributed by atoms with Crippen LogP contribution in [0.25, 0.3) is 0 Å². The van der Waals surface area contributed by atoms with E-state index < -0.39 is 21.7 Å². The van der Waals surface area contributed by atoms with E-state index in [4.69, 9.17) is 5.11 Å². The number of carboxylic acid groups (broad SMARTS) is 1. The van der Waals surface area contributed by atoms with Crippen molar-refractivity contribution in [3.8, 4) is 0 Å². The first kappa shape index (κ1) is 16.4. The zero-order valence-corrected chi connectivity index (χ0v) is 12.9. The topological polar surface area (TPSA) is 96.4 Å². The first-order valence-corrected chi connectivity index (χ1v) is 9.40. The number of carboxylic acids is 1. The predicted octanol–water partition coefficient (Wildman–Crippen LogP) is 1.65. The lowest BCUT2D eigenvalue weighted by Crippen LogP contribution is -2.25. The molecule has 1 aromatic rings. The number of nitrogens with one attached hydrogen (secondary N) is 1. The molecule has 1 rings (SSSR count). The van der Waals surface area contributed by atoms with Gasteiger partial charge in [-0.05, 0) is 24.9 Å². The van der Waals surface area contributed by atoms with Crippen LogP contribution in [0.5, 0.6) is 0 Å². The highest BCUT2D eigenvalue weighted by Crippen LogP contribution is 2.19. The minimum absolute atomic E-state index is 0.232. The van der Waals surface area contributed by atoms with Crippen LogP contribution in [-0.4, -0.2) is 43.0 Å². The summed E-state index contributed by atoms with van der Waals surface area (Å²) in [4.78, 5) is 14.4. The summed E-state index contributed by atoms with van der Waals surface area (Å²) in [6, 6.07) is 0. The zero-order valence-electron chi connectivity index (χ0n) is 10.5. The Morgan fingerprint density at radius 3 is 2.84 bits per heavy atom. The Morgan fingerprint density at radius 2 is 2.21 bits per heavy atom. The molecular weight excluding hydrogens is 308 g/mol. The summed E-state index contributed by atoms with van der Waals surface area (Å²) in [6.07, 6.45) is 4.75. The number of rotatable bonds is 9. The van der Waals surface area contributed by atoms with Crippen molar-refractivity contribution >= 4 is 39.1 Å². The Morgan fingerprint density at radius 1 is 1.47 bits per heavy atom. The van der Waals surface area contributed by atoms with Gasteiger partial charge in [-0.3, -0.25) is 0 Å². The molecule has 0 saturated heterocycles. The van der Waals surface area contributed by atoms with Crippen LogP contribution in [0.1, 0.15) is 29.8 Å². The van der Waals surface area contributed by atoms with Gasteiger partial charge in [-0.15, -0.1) is 11.3 Å². The summed E-state index contributed by atoms with van der Waals surface area (Å²) in [5, 5.41) is 8.84. The predicted molar refractivity (Wildman–Crippen MR) is 76.5 cm³/mol. The Hall–Kier alpha value is -0.640. The van der Waals surface area contributed by atoms with E-state index >= 15 is 0 Å². The van der Waals surface area contributed by atoms with Crippen LogP contribution in [-0.2, 0) is 10.0 Å². The second-order valence-electron chi connectivity index (χ2n) is 3.74. The zero-order chi connectivity index (χ0) is 14.3. The summed E-state index contributed by atoms with van der Waals surface area (Å²) in [5.41, 5.74) is 0.802. The van der Waals surface area contributed by atoms with Crippen molar-refractivity contribution in [2.75, 3.05) is 18.6 Å². The fraction of sp³-hybridized carbons (Fsp3) is 0.600. The maximum atomic E-state index is 11.9. The summed E-state index contributed by atoms with van der Waals surface area (Å²) in [5.74, 6) is -0.272. The Labute approximate surface area is 120 Å². The first-order valence-electron chi connectivity index (χ1n) is 5.64. The third-order valence-corrected chi connectivity index (χ3v) is 5.83. The molecule has 0 radical (unpaired) electrons. The highest BCUT2D eigenvalue weighted by molar-refractivity contribution is 7.98. The lowest BCUT2D eigenvalue weighted by atomic mass is 10.2. The maximum Gasteiger partial charge on any atom is 0.356 e. The van der Waals surface area contributed by atoms with E-state index in [-0.39, 0.29) is 4.21 Å². The normalized spacial score (nSPS) is 11.6. The van der Waals surface area contributed by atoms with Crippen LogP contribution in [0.4, 0.5) is 0 Å². The van der Waals surface area contributed by atoms with Gasteiger partial charge in [-0.25, -0.2) is 22.9 Å². The van der Waals surface area contributed by atoms with E-state index in [1.807, 2.05) is 6.26 Å². The van der Waals surface area contributed by atoms with Crippen LogP contribution in [0.3, 0.4) is 0 Å². The van der Waals surface area contributed by atoms with Crippen LogP contribution in [0, 0.1) is 0 Å². The van der Waals surface area contributed by atoms with Gasteiger partial charge in [0.25, 0.3) is 10.0 Å². The van der Waals surface area contributed by atoms with Crippen LogP contribution < -0.4 is 4.72 Å². The third kappa shape index (κ3) is 5.09. The van der Waals surface area contributed by atoms with Gasteiger partial charge >= 0.3 is 5.97 Å². The molecule has 0 aliphatic heterocycles. The molecule has 6 nitrogen and oxygen atoms in total. The lowest BCUT2D eigenvalue weighted by Gasteiger charge is -2.05. The van der Waals surface area contributed by atoms with Gasteiger partial charge in [0.05, 0.1) is 5.51 Å². The van der Waals surface area contributed by atoms with Gasteiger partial charge in [-0.2, -0.15) is 11.8 Å². The molecule has 19 heavy (non-hydrogen) atoms. The van der Waals surface area contributed by atoms with Crippen LogP contribution >= 0.6 is 23.1 Å². The summed E-state index contributed by atoms with van der Waals surface area (Å²) in [7, 11) is -3.77. The van der Waals surface area contributed by atoms with Crippen molar-refractivity contribution in [1.82, 2.24) is 9.71 Å². The Balaban J connectivity index is 2.52. The van der Waals surface area contributed by atoms with E-state index in [0.29, 0.717) is 6.54 Å². The highest BCUT2D eigenvalue weighted by atomic mass is 32.2. The third-order valence-electron chi connectivity index (χ3n) is 2.30. The smallest absolute Gasteiger partial charge is 0.356 e. The van der Waals surface area contributed by atoms with Gasteiger partial charge in [0.2, 0.25) is 0 Å². The molecule has 0 atom stereocenters. The van der Waals surface area contributed by atoms with Crippen LogP contribution in [0.15, 0.2) is 9.72 Å². The molecule has 0 amide bonds. The molecule has 0 unspecified atom stereocenters. The largest absolute Gasteiger partial charge is 0.476 e. The number of hydrogen-bond donors (Lipinski definition) is 2. The van der Waals surface area contributed by atoms with Gasteiger partial charge in [0.15, 0.2) is 9.90 Å². The van der Waals surface area contributed by atoms with Gasteiger partial charge < -0.3 is 5.11 Å². The molecule has 1 aromatic heterocycles. The van der Waals surface area contributed by atoms with E-state index in [2.05, 4.69) is 9.71 Å². The van der Waals surface area contributed by atoms with Crippen LogP contribution in [0.2, 0.25) is 0 Å². The number of carbonyl (C=O) groups is 1. The maximum absolute atomic E-state index is 11.9. The molecule has 108 valence electrons. The fourth-order valence-electron chi connectivity index (χ4n) is 1.39. The average Bonchev–Trinajstić information content (AvgIpc) is 2.83. The van der Waals surface area contributed by atoms with Crippen molar-refractivity contribution < 1.29 is 18.3 Å². The number of hydrogen-bond acceptors (Lipinski definition) is 6. The van der Waals surface area contributed by atoms with Crippen molar-refractivity contribution in [3.63, 3.8) is 0 Å². The molecule has 2 N–H and O–H groups in total. The molecule has 9 heteroatoms. The fourth-order valence-corrected chi connectivity index (χ4v) is 4.14. The van der Waals surface area contributed by atoms with E-state index in [1.54, 1.807) is 11.8 Å². The summed E-state index contributed by atoms with van der Waals surface area (Å²) < 4.78 is 26.0. The standard InChI is InChI=1S/C10H16N2O4S3/c1-17-6-4-2-3-5-12-19(15,16)10-8(9(13)14)11-7-18-10/h7,12H,2-6H2,1H3,(H,13,14). The lowest BCUT2D eigenvalue weighted by molar-refractivity contribution is 0.0687. The summed E-state index contributed by atoms with van der Waals surface area (Å²) >= 11 is 2.57. The molecule has 0 fully saturated rings. The van der Waals surface area contributed by atoms with E-state index in [0.717, 1.165) is 36.4 Å². The number of thioether (sulfide) groups is 1. The van der Waals surface area contributed by atoms with Crippen molar-refractivity contribution in [1.29, 1.82) is 0 Å². The average molecular weight is 324 g/mol. The molecule has 1 heterocycles. The molecule has 0 aromatic carbocycles. The first-order chi connectivity index (χ1) is 8.99. The van der Waals surface area contributed by atoms with Gasteiger partial charge in [-0.1, -0.05) is 6.42 Å². The summed E-state index contributed by atoms with van der Waals surface area (Å²) in [6.45, 7) is 0.313. The second kappa shape index (κ2) is 7.83. The molecule has 0 aliphatic carbocycles. The Bertz CT molecular complexity index is 513. The Kier molecular flexibility index (Phi) is 6.76. The molecular formula is C10H16N2O4S3. The van der Waals surface area contributed by atoms with Gasteiger partial charge in [0.1, 0.15) is 0 Å². The van der Waals surface area contributed by atoms with Crippen molar-refractivity contribution in [3.05, 3.63) is 11.2 Å². The number of nitrogens with zero attached hydrogens (tertiary/aromatic N) is 1.